The molecule has 0 radical (unpaired) electrons. The van der Waals surface area contributed by atoms with Crippen molar-refractivity contribution in [1.82, 2.24) is 14.9 Å². The number of benzene rings is 2. The molecule has 4 rings (SSSR count). The molecule has 28 heavy (non-hydrogen) atoms. The van der Waals surface area contributed by atoms with E-state index in [-0.39, 0.29) is 22.9 Å². The molecule has 0 atom stereocenters. The molecule has 1 N–H and O–H groups in total. The first-order valence-electron chi connectivity index (χ1n) is 9.35. The van der Waals surface area contributed by atoms with Crippen LogP contribution in [-0.2, 0) is 6.54 Å². The summed E-state index contributed by atoms with van der Waals surface area (Å²) in [6.45, 7) is 1.08. The van der Waals surface area contributed by atoms with Gasteiger partial charge in [-0.15, -0.1) is 0 Å². The molecule has 0 fully saturated rings. The van der Waals surface area contributed by atoms with Crippen molar-refractivity contribution in [2.24, 2.45) is 0 Å². The predicted octanol–water partition coefficient (Wildman–Crippen LogP) is 3.30. The highest BCUT2D eigenvalue weighted by Crippen LogP contribution is 2.27. The molecule has 0 aliphatic carbocycles. The van der Waals surface area contributed by atoms with Crippen molar-refractivity contribution >= 4 is 17.7 Å². The Hall–Kier alpha value is -2.86. The second-order valence-corrected chi connectivity index (χ2v) is 7.74. The summed E-state index contributed by atoms with van der Waals surface area (Å²) in [7, 11) is 0. The van der Waals surface area contributed by atoms with Crippen LogP contribution in [0.3, 0.4) is 0 Å². The van der Waals surface area contributed by atoms with E-state index in [1.54, 1.807) is 4.57 Å². The van der Waals surface area contributed by atoms with E-state index in [0.29, 0.717) is 18.2 Å². The van der Waals surface area contributed by atoms with Gasteiger partial charge in [-0.05, 0) is 17.5 Å². The highest BCUT2D eigenvalue weighted by Gasteiger charge is 2.20. The van der Waals surface area contributed by atoms with E-state index in [1.807, 2.05) is 36.4 Å². The number of amides is 1. The molecule has 6 heteroatoms. The van der Waals surface area contributed by atoms with E-state index in [0.717, 1.165) is 12.2 Å². The average Bonchev–Trinajstić information content (AvgIpc) is 3.22. The number of aromatic nitrogens is 2. The Bertz CT molecular complexity index is 979. The molecule has 1 aromatic heterocycles. The fourth-order valence-corrected chi connectivity index (χ4v) is 4.41. The number of carbonyl (C=O) groups is 1. The number of thioether (sulfide) groups is 1. The molecule has 2 aromatic carbocycles. The molecular weight excluding hydrogens is 370 g/mol. The van der Waals surface area contributed by atoms with Gasteiger partial charge in [-0.25, -0.2) is 4.98 Å². The first kappa shape index (κ1) is 18.5. The Morgan fingerprint density at radius 2 is 1.71 bits per heavy atom. The fraction of sp³-hybridized carbons (Fsp3) is 0.227. The van der Waals surface area contributed by atoms with Gasteiger partial charge in [-0.2, -0.15) is 0 Å². The van der Waals surface area contributed by atoms with Crippen LogP contribution in [0.5, 0.6) is 0 Å². The van der Waals surface area contributed by atoms with Crippen LogP contribution in [0.2, 0.25) is 0 Å². The van der Waals surface area contributed by atoms with E-state index < -0.39 is 0 Å². The highest BCUT2D eigenvalue weighted by atomic mass is 32.2. The van der Waals surface area contributed by atoms with Crippen molar-refractivity contribution in [3.8, 4) is 0 Å². The minimum atomic E-state index is -0.357. The number of carbonyl (C=O) groups excluding carboxylic acids is 1. The Labute approximate surface area is 167 Å². The van der Waals surface area contributed by atoms with E-state index in [2.05, 4.69) is 34.6 Å². The van der Waals surface area contributed by atoms with Crippen molar-refractivity contribution in [2.75, 3.05) is 12.3 Å². The lowest BCUT2D eigenvalue weighted by Crippen LogP contribution is -2.34. The second kappa shape index (κ2) is 8.44. The Kier molecular flexibility index (Phi) is 5.58. The summed E-state index contributed by atoms with van der Waals surface area (Å²) in [4.78, 5) is 29.3. The number of hydrogen-bond acceptors (Lipinski definition) is 4. The molecule has 5 nitrogen and oxygen atoms in total. The molecular formula is C22H21N3O2S. The van der Waals surface area contributed by atoms with Gasteiger partial charge in [0.1, 0.15) is 5.56 Å². The zero-order chi connectivity index (χ0) is 19.3. The van der Waals surface area contributed by atoms with Crippen LogP contribution in [0.4, 0.5) is 0 Å². The third kappa shape index (κ3) is 3.87. The number of rotatable bonds is 6. The van der Waals surface area contributed by atoms with Gasteiger partial charge in [0.25, 0.3) is 11.5 Å². The maximum atomic E-state index is 12.5. The quantitative estimate of drug-likeness (QED) is 0.655. The van der Waals surface area contributed by atoms with Crippen molar-refractivity contribution in [3.63, 3.8) is 0 Å². The first-order chi connectivity index (χ1) is 13.7. The standard InChI is InChI=1S/C22H21N3O2S/c26-20(19-15-24-22-25(21(19)27)13-14-28-22)23-12-11-18(16-7-3-1-4-8-16)17-9-5-2-6-10-17/h1-10,15,18H,11-14H2,(H,23,26). The van der Waals surface area contributed by atoms with Crippen LogP contribution in [0.15, 0.2) is 76.8 Å². The summed E-state index contributed by atoms with van der Waals surface area (Å²) in [6, 6.07) is 20.5. The summed E-state index contributed by atoms with van der Waals surface area (Å²) in [6.07, 6.45) is 2.14. The molecule has 1 amide bonds. The highest BCUT2D eigenvalue weighted by molar-refractivity contribution is 7.99. The molecule has 1 aliphatic heterocycles. The second-order valence-electron chi connectivity index (χ2n) is 6.68. The lowest BCUT2D eigenvalue weighted by atomic mass is 9.88. The molecule has 0 spiro atoms. The summed E-state index contributed by atoms with van der Waals surface area (Å²) in [5, 5.41) is 3.59. The number of hydrogen-bond donors (Lipinski definition) is 1. The van der Waals surface area contributed by atoms with E-state index in [1.165, 1.54) is 29.1 Å². The lowest BCUT2D eigenvalue weighted by Gasteiger charge is -2.18. The lowest BCUT2D eigenvalue weighted by molar-refractivity contribution is 0.0950. The summed E-state index contributed by atoms with van der Waals surface area (Å²) >= 11 is 1.54. The van der Waals surface area contributed by atoms with Gasteiger partial charge >= 0.3 is 0 Å². The minimum absolute atomic E-state index is 0.113. The Morgan fingerprint density at radius 3 is 2.36 bits per heavy atom. The normalized spacial score (nSPS) is 12.8. The van der Waals surface area contributed by atoms with Gasteiger partial charge in [0.15, 0.2) is 5.16 Å². The molecule has 0 saturated carbocycles. The minimum Gasteiger partial charge on any atom is -0.352 e. The third-order valence-electron chi connectivity index (χ3n) is 4.92. The van der Waals surface area contributed by atoms with Gasteiger partial charge in [0, 0.05) is 31.0 Å². The van der Waals surface area contributed by atoms with Crippen molar-refractivity contribution in [1.29, 1.82) is 0 Å². The fourth-order valence-electron chi connectivity index (χ4n) is 3.50. The molecule has 2 heterocycles. The molecule has 0 bridgehead atoms. The SMILES string of the molecule is O=C(NCCC(c1ccccc1)c1ccccc1)c1cnc2n(c1=O)CCS2. The van der Waals surface area contributed by atoms with Crippen molar-refractivity contribution in [2.45, 2.75) is 24.0 Å². The zero-order valence-electron chi connectivity index (χ0n) is 15.4. The summed E-state index contributed by atoms with van der Waals surface area (Å²) in [5.41, 5.74) is 2.27. The largest absolute Gasteiger partial charge is 0.352 e. The Balaban J connectivity index is 1.47. The molecule has 3 aromatic rings. The summed E-state index contributed by atoms with van der Waals surface area (Å²) in [5.74, 6) is 0.645. The van der Waals surface area contributed by atoms with Crippen molar-refractivity contribution < 1.29 is 4.79 Å². The average molecular weight is 391 g/mol. The first-order valence-corrected chi connectivity index (χ1v) is 10.3. The van der Waals surface area contributed by atoms with Crippen LogP contribution >= 0.6 is 11.8 Å². The number of nitrogens with zero attached hydrogens (tertiary/aromatic N) is 2. The van der Waals surface area contributed by atoms with Crippen LogP contribution in [0.1, 0.15) is 33.8 Å². The maximum absolute atomic E-state index is 12.5. The predicted molar refractivity (Wildman–Crippen MR) is 111 cm³/mol. The van der Waals surface area contributed by atoms with Crippen LogP contribution in [0.25, 0.3) is 0 Å². The van der Waals surface area contributed by atoms with Crippen LogP contribution < -0.4 is 10.9 Å². The monoisotopic (exact) mass is 391 g/mol. The van der Waals surface area contributed by atoms with Gasteiger partial charge in [-0.3, -0.25) is 14.2 Å². The van der Waals surface area contributed by atoms with Gasteiger partial charge < -0.3 is 5.32 Å². The van der Waals surface area contributed by atoms with Crippen LogP contribution in [0, 0.1) is 0 Å². The number of fused-ring (bicyclic) bond motifs is 1. The van der Waals surface area contributed by atoms with Crippen molar-refractivity contribution in [3.05, 3.63) is 93.9 Å². The maximum Gasteiger partial charge on any atom is 0.267 e. The van der Waals surface area contributed by atoms with Crippen LogP contribution in [-0.4, -0.2) is 27.8 Å². The molecule has 0 unspecified atom stereocenters. The van der Waals surface area contributed by atoms with Gasteiger partial charge in [0.2, 0.25) is 0 Å². The van der Waals surface area contributed by atoms with E-state index in [4.69, 9.17) is 0 Å². The molecule has 142 valence electrons. The smallest absolute Gasteiger partial charge is 0.267 e. The third-order valence-corrected chi connectivity index (χ3v) is 5.89. The topological polar surface area (TPSA) is 64.0 Å². The van der Waals surface area contributed by atoms with Gasteiger partial charge in [0.05, 0.1) is 0 Å². The summed E-state index contributed by atoms with van der Waals surface area (Å²) < 4.78 is 1.58. The molecule has 0 saturated heterocycles. The molecule has 1 aliphatic rings. The van der Waals surface area contributed by atoms with Gasteiger partial charge in [-0.1, -0.05) is 72.4 Å². The number of nitrogens with one attached hydrogen (secondary N) is 1. The van der Waals surface area contributed by atoms with E-state index >= 15 is 0 Å². The zero-order valence-corrected chi connectivity index (χ0v) is 16.2. The Morgan fingerprint density at radius 1 is 1.07 bits per heavy atom. The van der Waals surface area contributed by atoms with E-state index in [9.17, 15) is 9.59 Å².